The molecule has 0 spiro atoms. The number of hydrogen-bond acceptors (Lipinski definition) is 4. The van der Waals surface area contributed by atoms with Crippen molar-refractivity contribution in [3.8, 4) is 0 Å². The molecule has 12 heteroatoms. The second kappa shape index (κ2) is 9.39. The summed E-state index contributed by atoms with van der Waals surface area (Å²) in [6.45, 7) is 2.17. The average molecular weight is 328 g/mol. The van der Waals surface area contributed by atoms with E-state index in [1.54, 1.807) is 0 Å². The van der Waals surface area contributed by atoms with Crippen LogP contribution < -0.4 is 11.1 Å². The number of rotatable bonds is 0. The first kappa shape index (κ1) is 21.7. The molecule has 0 aromatic rings. The molecule has 126 valence electrons. The van der Waals surface area contributed by atoms with Crippen molar-refractivity contribution in [2.45, 2.75) is 31.2 Å². The van der Waals surface area contributed by atoms with Gasteiger partial charge in [0.15, 0.2) is 0 Å². The van der Waals surface area contributed by atoms with Gasteiger partial charge in [0.1, 0.15) is 0 Å². The molecule has 0 bridgehead atoms. The summed E-state index contributed by atoms with van der Waals surface area (Å²) in [6.07, 6.45) is -7.71. The Morgan fingerprint density at radius 3 is 1.43 bits per heavy atom. The van der Waals surface area contributed by atoms with Gasteiger partial charge < -0.3 is 21.3 Å². The number of carboxylic acid groups (broad SMARTS) is 2. The van der Waals surface area contributed by atoms with Gasteiger partial charge in [0.25, 0.3) is 0 Å². The van der Waals surface area contributed by atoms with Crippen molar-refractivity contribution in [3.05, 3.63) is 0 Å². The summed E-state index contributed by atoms with van der Waals surface area (Å²) in [6, 6.07) is 0.425. The predicted molar refractivity (Wildman–Crippen MR) is 57.5 cm³/mol. The van der Waals surface area contributed by atoms with Gasteiger partial charge in [-0.1, -0.05) is 0 Å². The fourth-order valence-electron chi connectivity index (χ4n) is 0.879. The molecule has 21 heavy (non-hydrogen) atoms. The molecule has 1 heterocycles. The molecule has 0 aromatic carbocycles. The maximum absolute atomic E-state index is 10.6. The molecule has 1 aliphatic heterocycles. The van der Waals surface area contributed by atoms with Crippen molar-refractivity contribution < 1.29 is 46.1 Å². The minimum absolute atomic E-state index is 0.425. The Bertz CT molecular complexity index is 301. The van der Waals surface area contributed by atoms with E-state index in [9.17, 15) is 26.3 Å². The molecule has 5 N–H and O–H groups in total. The van der Waals surface area contributed by atoms with Crippen molar-refractivity contribution in [2.75, 3.05) is 13.1 Å². The summed E-state index contributed by atoms with van der Waals surface area (Å²) in [4.78, 5) is 17.8. The number of hydrogen-bond donors (Lipinski definition) is 4. The first-order valence-corrected chi connectivity index (χ1v) is 5.35. The minimum Gasteiger partial charge on any atom is -0.475 e. The Morgan fingerprint density at radius 2 is 1.33 bits per heavy atom. The van der Waals surface area contributed by atoms with Crippen LogP contribution in [0.15, 0.2) is 0 Å². The van der Waals surface area contributed by atoms with Gasteiger partial charge in [-0.3, -0.25) is 0 Å². The highest BCUT2D eigenvalue weighted by Crippen LogP contribution is 2.13. The minimum atomic E-state index is -5.08. The molecule has 6 nitrogen and oxygen atoms in total. The maximum atomic E-state index is 10.6. The zero-order valence-corrected chi connectivity index (χ0v) is 10.5. The smallest absolute Gasteiger partial charge is 0.475 e. The molecular weight excluding hydrogens is 314 g/mol. The zero-order valence-electron chi connectivity index (χ0n) is 10.5. The van der Waals surface area contributed by atoms with Crippen LogP contribution in [0.2, 0.25) is 0 Å². The highest BCUT2D eigenvalue weighted by Gasteiger charge is 2.38. The van der Waals surface area contributed by atoms with Gasteiger partial charge in [-0.25, -0.2) is 9.59 Å². The third kappa shape index (κ3) is 14.7. The van der Waals surface area contributed by atoms with Crippen LogP contribution in [-0.4, -0.2) is 53.6 Å². The second-order valence-corrected chi connectivity index (χ2v) is 3.71. The van der Waals surface area contributed by atoms with E-state index < -0.39 is 24.3 Å². The van der Waals surface area contributed by atoms with E-state index >= 15 is 0 Å². The zero-order chi connectivity index (χ0) is 17.3. The fraction of sp³-hybridized carbons (Fsp3) is 0.778. The van der Waals surface area contributed by atoms with E-state index in [1.165, 1.54) is 12.8 Å². The van der Waals surface area contributed by atoms with Crippen molar-refractivity contribution in [3.63, 3.8) is 0 Å². The van der Waals surface area contributed by atoms with Gasteiger partial charge >= 0.3 is 24.3 Å². The van der Waals surface area contributed by atoms with Crippen molar-refractivity contribution in [1.29, 1.82) is 0 Å². The molecule has 0 aromatic heterocycles. The van der Waals surface area contributed by atoms with Crippen LogP contribution >= 0.6 is 0 Å². The fourth-order valence-corrected chi connectivity index (χ4v) is 0.879. The number of alkyl halides is 6. The maximum Gasteiger partial charge on any atom is 0.490 e. The Morgan fingerprint density at radius 1 is 1.00 bits per heavy atom. The van der Waals surface area contributed by atoms with Gasteiger partial charge in [-0.05, 0) is 19.4 Å². The summed E-state index contributed by atoms with van der Waals surface area (Å²) in [7, 11) is 0. The lowest BCUT2D eigenvalue weighted by molar-refractivity contribution is -0.193. The van der Waals surface area contributed by atoms with Crippen LogP contribution in [0.4, 0.5) is 26.3 Å². The molecule has 1 aliphatic rings. The Kier molecular flexibility index (Phi) is 9.72. The molecule has 1 rings (SSSR count). The molecule has 1 atom stereocenters. The summed E-state index contributed by atoms with van der Waals surface area (Å²) < 4.78 is 63.5. The Labute approximate surface area is 114 Å². The van der Waals surface area contributed by atoms with Crippen LogP contribution in [0.25, 0.3) is 0 Å². The molecule has 0 amide bonds. The highest BCUT2D eigenvalue weighted by molar-refractivity contribution is 5.73. The number of carboxylic acids is 2. The summed E-state index contributed by atoms with van der Waals surface area (Å²) >= 11 is 0. The van der Waals surface area contributed by atoms with E-state index in [0.29, 0.717) is 6.04 Å². The number of halogens is 6. The first-order chi connectivity index (χ1) is 9.28. The van der Waals surface area contributed by atoms with Crippen LogP contribution in [0.1, 0.15) is 12.8 Å². The highest BCUT2D eigenvalue weighted by atomic mass is 19.4. The monoisotopic (exact) mass is 328 g/mol. The summed E-state index contributed by atoms with van der Waals surface area (Å²) in [5.41, 5.74) is 5.57. The predicted octanol–water partition coefficient (Wildman–Crippen LogP) is 0.964. The van der Waals surface area contributed by atoms with Gasteiger partial charge in [0.05, 0.1) is 0 Å². The molecule has 1 saturated heterocycles. The molecule has 1 fully saturated rings. The molecular formula is C9H14F6N2O4. The van der Waals surface area contributed by atoms with Gasteiger partial charge in [0.2, 0.25) is 0 Å². The van der Waals surface area contributed by atoms with E-state index in [0.717, 1.165) is 13.1 Å². The van der Waals surface area contributed by atoms with Crippen molar-refractivity contribution >= 4 is 11.9 Å². The molecule has 0 aliphatic carbocycles. The number of nitrogens with one attached hydrogen (secondary N) is 1. The number of carbonyl (C=O) groups is 2. The topological polar surface area (TPSA) is 113 Å². The summed E-state index contributed by atoms with van der Waals surface area (Å²) in [5, 5.41) is 17.5. The molecule has 0 saturated carbocycles. The number of piperidine rings is 1. The molecule has 0 unspecified atom stereocenters. The molecule has 0 radical (unpaired) electrons. The van der Waals surface area contributed by atoms with Gasteiger partial charge in [0, 0.05) is 12.6 Å². The normalized spacial score (nSPS) is 18.5. The lowest BCUT2D eigenvalue weighted by Gasteiger charge is -2.17. The van der Waals surface area contributed by atoms with E-state index in [4.69, 9.17) is 25.5 Å². The standard InChI is InChI=1S/C5H12N2.2C2HF3O2/c6-5-2-1-3-7-4-5;2*3-2(4,5)1(6)7/h5,7H,1-4,6H2;2*(H,6,7)/t5-;;/m0../s1. The van der Waals surface area contributed by atoms with Crippen LogP contribution in [-0.2, 0) is 9.59 Å². The first-order valence-electron chi connectivity index (χ1n) is 5.35. The average Bonchev–Trinajstić information content (AvgIpc) is 2.28. The second-order valence-electron chi connectivity index (χ2n) is 3.71. The van der Waals surface area contributed by atoms with Crippen molar-refractivity contribution in [1.82, 2.24) is 5.32 Å². The lowest BCUT2D eigenvalue weighted by atomic mass is 10.1. The Hall–Kier alpha value is -1.56. The van der Waals surface area contributed by atoms with Crippen LogP contribution in [0.5, 0.6) is 0 Å². The van der Waals surface area contributed by atoms with E-state index in [-0.39, 0.29) is 0 Å². The Balaban J connectivity index is 0. The van der Waals surface area contributed by atoms with Crippen molar-refractivity contribution in [2.24, 2.45) is 5.73 Å². The van der Waals surface area contributed by atoms with E-state index in [2.05, 4.69) is 5.32 Å². The van der Waals surface area contributed by atoms with E-state index in [1.807, 2.05) is 0 Å². The SMILES string of the molecule is N[C@H]1CCCNC1.O=C(O)C(F)(F)F.O=C(O)C(F)(F)F. The van der Waals surface area contributed by atoms with Gasteiger partial charge in [-0.15, -0.1) is 0 Å². The quantitative estimate of drug-likeness (QED) is 0.493. The number of aliphatic carboxylic acids is 2. The lowest BCUT2D eigenvalue weighted by Crippen LogP contribution is -2.39. The van der Waals surface area contributed by atoms with Gasteiger partial charge in [-0.2, -0.15) is 26.3 Å². The third-order valence-corrected chi connectivity index (χ3v) is 1.82. The summed E-state index contributed by atoms with van der Waals surface area (Å²) in [5.74, 6) is -5.51. The number of nitrogens with two attached hydrogens (primary N) is 1. The largest absolute Gasteiger partial charge is 0.490 e. The van der Waals surface area contributed by atoms with Crippen LogP contribution in [0.3, 0.4) is 0 Å². The van der Waals surface area contributed by atoms with Crippen LogP contribution in [0, 0.1) is 0 Å². The third-order valence-electron chi connectivity index (χ3n) is 1.82.